The number of ether oxygens (including phenoxy) is 1. The molecule has 3 aromatic rings. The molecular formula is C20H13ClO4. The van der Waals surface area contributed by atoms with Crippen molar-refractivity contribution in [2.75, 3.05) is 0 Å². The Morgan fingerprint density at radius 3 is 2.44 bits per heavy atom. The first-order valence-corrected chi connectivity index (χ1v) is 8.01. The minimum atomic E-state index is -1.34. The zero-order chi connectivity index (χ0) is 17.6. The first-order valence-electron chi connectivity index (χ1n) is 7.64. The van der Waals surface area contributed by atoms with Crippen LogP contribution in [0.25, 0.3) is 0 Å². The van der Waals surface area contributed by atoms with Crippen molar-refractivity contribution in [3.05, 3.63) is 94.0 Å². The van der Waals surface area contributed by atoms with Gasteiger partial charge in [0.25, 0.3) is 0 Å². The molecule has 0 radical (unpaired) electrons. The normalized spacial score (nSPS) is 18.7. The molecule has 4 nitrogen and oxygen atoms in total. The third-order valence-corrected chi connectivity index (χ3v) is 4.60. The molecule has 1 heterocycles. The van der Waals surface area contributed by atoms with E-state index in [9.17, 15) is 15.0 Å². The molecule has 4 rings (SSSR count). The number of benzene rings is 3. The molecule has 3 aromatic carbocycles. The largest absolute Gasteiger partial charge is 0.508 e. The molecule has 2 N–H and O–H groups in total. The maximum atomic E-state index is 12.5. The summed E-state index contributed by atoms with van der Waals surface area (Å²) in [5.74, 6) is -0.743. The Balaban J connectivity index is 2.09. The van der Waals surface area contributed by atoms with Gasteiger partial charge in [-0.05, 0) is 30.3 Å². The Bertz CT molecular complexity index is 998. The lowest BCUT2D eigenvalue weighted by atomic mass is 9.79. The van der Waals surface area contributed by atoms with Crippen molar-refractivity contribution in [1.29, 1.82) is 0 Å². The third-order valence-electron chi connectivity index (χ3n) is 4.36. The predicted molar refractivity (Wildman–Crippen MR) is 93.0 cm³/mol. The van der Waals surface area contributed by atoms with E-state index in [-0.39, 0.29) is 11.5 Å². The number of aromatic hydroxyl groups is 2. The maximum absolute atomic E-state index is 12.5. The van der Waals surface area contributed by atoms with Gasteiger partial charge in [0.05, 0.1) is 5.56 Å². The first-order chi connectivity index (χ1) is 12.0. The highest BCUT2D eigenvalue weighted by Crippen LogP contribution is 2.50. The number of cyclic esters (lactones) is 1. The number of hydrogen-bond acceptors (Lipinski definition) is 4. The minimum Gasteiger partial charge on any atom is -0.508 e. The number of rotatable bonds is 2. The molecule has 1 aliphatic rings. The fourth-order valence-electron chi connectivity index (χ4n) is 3.31. The van der Waals surface area contributed by atoms with E-state index in [1.807, 2.05) is 0 Å². The molecule has 0 aromatic heterocycles. The van der Waals surface area contributed by atoms with Gasteiger partial charge < -0.3 is 14.9 Å². The number of fused-ring (bicyclic) bond motifs is 1. The molecule has 1 unspecified atom stereocenters. The van der Waals surface area contributed by atoms with Gasteiger partial charge >= 0.3 is 5.97 Å². The fraction of sp³-hybridized carbons (Fsp3) is 0.0500. The molecule has 0 amide bonds. The second kappa shape index (κ2) is 5.53. The van der Waals surface area contributed by atoms with Gasteiger partial charge in [0.15, 0.2) is 5.60 Å². The smallest absolute Gasteiger partial charge is 0.340 e. The van der Waals surface area contributed by atoms with Gasteiger partial charge in [0.1, 0.15) is 11.5 Å². The van der Waals surface area contributed by atoms with Crippen molar-refractivity contribution >= 4 is 17.6 Å². The van der Waals surface area contributed by atoms with Gasteiger partial charge in [-0.1, -0.05) is 41.9 Å². The van der Waals surface area contributed by atoms with E-state index in [4.69, 9.17) is 16.3 Å². The van der Waals surface area contributed by atoms with Crippen LogP contribution in [0.15, 0.2) is 66.7 Å². The molecule has 0 saturated heterocycles. The number of esters is 1. The number of carbonyl (C=O) groups is 1. The Morgan fingerprint density at radius 1 is 0.880 bits per heavy atom. The summed E-state index contributed by atoms with van der Waals surface area (Å²) in [6, 6.07) is 18.2. The number of phenols is 2. The van der Waals surface area contributed by atoms with Crippen LogP contribution in [0.3, 0.4) is 0 Å². The van der Waals surface area contributed by atoms with Crippen LogP contribution in [0.5, 0.6) is 11.5 Å². The molecule has 0 saturated carbocycles. The average molecular weight is 353 g/mol. The van der Waals surface area contributed by atoms with Gasteiger partial charge in [-0.2, -0.15) is 0 Å². The van der Waals surface area contributed by atoms with E-state index in [2.05, 4.69) is 0 Å². The zero-order valence-electron chi connectivity index (χ0n) is 12.9. The summed E-state index contributed by atoms with van der Waals surface area (Å²) in [5.41, 5.74) is 0.666. The van der Waals surface area contributed by atoms with Crippen molar-refractivity contribution in [2.45, 2.75) is 5.60 Å². The summed E-state index contributed by atoms with van der Waals surface area (Å²) in [4.78, 5) is 12.5. The van der Waals surface area contributed by atoms with Gasteiger partial charge in [-0.15, -0.1) is 0 Å². The highest BCUT2D eigenvalue weighted by Gasteiger charge is 2.49. The number of carbonyl (C=O) groups excluding carboxylic acids is 1. The van der Waals surface area contributed by atoms with Crippen molar-refractivity contribution < 1.29 is 19.7 Å². The van der Waals surface area contributed by atoms with Gasteiger partial charge in [0, 0.05) is 27.8 Å². The highest BCUT2D eigenvalue weighted by molar-refractivity contribution is 6.30. The van der Waals surface area contributed by atoms with Crippen LogP contribution in [0.1, 0.15) is 27.0 Å². The molecule has 0 aliphatic carbocycles. The lowest BCUT2D eigenvalue weighted by molar-refractivity contribution is 0.0245. The predicted octanol–water partition coefficient (Wildman–Crippen LogP) is 4.21. The van der Waals surface area contributed by atoms with Crippen LogP contribution in [-0.2, 0) is 10.3 Å². The third kappa shape index (κ3) is 2.26. The second-order valence-corrected chi connectivity index (χ2v) is 6.26. The van der Waals surface area contributed by atoms with Crippen LogP contribution >= 0.6 is 11.6 Å². The maximum Gasteiger partial charge on any atom is 0.340 e. The number of phenolic OH excluding ortho intramolecular Hbond substituents is 2. The van der Waals surface area contributed by atoms with E-state index in [0.717, 1.165) is 0 Å². The first kappa shape index (κ1) is 15.5. The van der Waals surface area contributed by atoms with E-state index < -0.39 is 11.6 Å². The molecule has 1 aliphatic heterocycles. The van der Waals surface area contributed by atoms with Crippen molar-refractivity contribution in [1.82, 2.24) is 0 Å². The molecule has 5 heteroatoms. The molecule has 0 spiro atoms. The summed E-state index contributed by atoms with van der Waals surface area (Å²) < 4.78 is 5.83. The molecule has 0 fully saturated rings. The van der Waals surface area contributed by atoms with E-state index in [1.54, 1.807) is 54.6 Å². The standard InChI is InChI=1S/C20H13ClO4/c21-13-5-3-4-12(10-13)20(17-9-8-14(22)11-18(17)23)16-7-2-1-6-15(16)19(24)25-20/h1-11,22-23H. The minimum absolute atomic E-state index is 0.0832. The summed E-state index contributed by atoms with van der Waals surface area (Å²) in [5, 5.41) is 20.6. The van der Waals surface area contributed by atoms with Crippen LogP contribution in [0.4, 0.5) is 0 Å². The van der Waals surface area contributed by atoms with Crippen LogP contribution < -0.4 is 0 Å². The van der Waals surface area contributed by atoms with E-state index in [1.165, 1.54) is 12.1 Å². The Hall–Kier alpha value is -2.98. The lowest BCUT2D eigenvalue weighted by Gasteiger charge is -2.31. The van der Waals surface area contributed by atoms with Crippen LogP contribution in [-0.4, -0.2) is 16.2 Å². The Labute approximate surface area is 148 Å². The number of hydrogen-bond donors (Lipinski definition) is 2. The quantitative estimate of drug-likeness (QED) is 0.678. The Kier molecular flexibility index (Phi) is 3.44. The summed E-state index contributed by atoms with van der Waals surface area (Å²) in [6.45, 7) is 0. The SMILES string of the molecule is O=C1OC(c2cccc(Cl)c2)(c2ccc(O)cc2O)c2ccccc21. The van der Waals surface area contributed by atoms with Crippen molar-refractivity contribution in [3.63, 3.8) is 0 Å². The zero-order valence-corrected chi connectivity index (χ0v) is 13.7. The van der Waals surface area contributed by atoms with Gasteiger partial charge in [-0.25, -0.2) is 4.79 Å². The topological polar surface area (TPSA) is 66.8 Å². The second-order valence-electron chi connectivity index (χ2n) is 5.83. The van der Waals surface area contributed by atoms with Crippen molar-refractivity contribution in [2.24, 2.45) is 0 Å². The molecular weight excluding hydrogens is 340 g/mol. The van der Waals surface area contributed by atoms with Crippen LogP contribution in [0.2, 0.25) is 5.02 Å². The molecule has 124 valence electrons. The lowest BCUT2D eigenvalue weighted by Crippen LogP contribution is -2.29. The van der Waals surface area contributed by atoms with Crippen LogP contribution in [0, 0.1) is 0 Å². The highest BCUT2D eigenvalue weighted by atomic mass is 35.5. The summed E-state index contributed by atoms with van der Waals surface area (Å²) in [7, 11) is 0. The fourth-order valence-corrected chi connectivity index (χ4v) is 3.50. The van der Waals surface area contributed by atoms with E-state index >= 15 is 0 Å². The number of halogens is 1. The van der Waals surface area contributed by atoms with Gasteiger partial charge in [-0.3, -0.25) is 0 Å². The Morgan fingerprint density at radius 2 is 1.68 bits per heavy atom. The molecule has 1 atom stereocenters. The summed E-state index contributed by atoms with van der Waals surface area (Å²) >= 11 is 6.16. The average Bonchev–Trinajstić information content (AvgIpc) is 2.89. The summed E-state index contributed by atoms with van der Waals surface area (Å²) in [6.07, 6.45) is 0. The van der Waals surface area contributed by atoms with Crippen molar-refractivity contribution in [3.8, 4) is 11.5 Å². The molecule has 25 heavy (non-hydrogen) atoms. The van der Waals surface area contributed by atoms with E-state index in [0.29, 0.717) is 27.3 Å². The van der Waals surface area contributed by atoms with Gasteiger partial charge in [0.2, 0.25) is 0 Å². The monoisotopic (exact) mass is 352 g/mol. The molecule has 0 bridgehead atoms.